The average Bonchev–Trinajstić information content (AvgIpc) is 3.78. The molecule has 2 aromatic carbocycles. The maximum atomic E-state index is 14.1. The molecule has 2 saturated carbocycles. The van der Waals surface area contributed by atoms with Crippen molar-refractivity contribution in [1.82, 2.24) is 40.6 Å². The summed E-state index contributed by atoms with van der Waals surface area (Å²) in [6, 6.07) is 21.5. The first kappa shape index (κ1) is 31.6. The molecule has 2 N–H and O–H groups in total. The van der Waals surface area contributed by atoms with E-state index in [-0.39, 0.29) is 54.2 Å². The summed E-state index contributed by atoms with van der Waals surface area (Å²) in [6.07, 6.45) is 7.37. The zero-order valence-corrected chi connectivity index (χ0v) is 26.3. The fourth-order valence-electron chi connectivity index (χ4n) is 6.54. The number of nitrogens with zero attached hydrogens (tertiary/aromatic N) is 6. The molecular weight excluding hydrogens is 584 g/mol. The lowest BCUT2D eigenvalue weighted by Crippen LogP contribution is -2.48. The van der Waals surface area contributed by atoms with E-state index in [1.54, 1.807) is 18.0 Å². The van der Waals surface area contributed by atoms with Gasteiger partial charge in [0, 0.05) is 13.1 Å². The van der Waals surface area contributed by atoms with E-state index in [2.05, 4.69) is 31.0 Å². The van der Waals surface area contributed by atoms with E-state index in [4.69, 9.17) is 9.47 Å². The molecule has 2 aliphatic carbocycles. The van der Waals surface area contributed by atoms with E-state index in [1.807, 2.05) is 60.7 Å². The van der Waals surface area contributed by atoms with Crippen LogP contribution in [-0.4, -0.2) is 78.5 Å². The number of nitrogens with one attached hydrogen (secondary N) is 2. The lowest BCUT2D eigenvalue weighted by molar-refractivity contribution is -0.124. The molecule has 2 fully saturated rings. The van der Waals surface area contributed by atoms with Crippen LogP contribution in [-0.2, 0) is 34.0 Å². The molecule has 2 heterocycles. The molecule has 2 aliphatic rings. The summed E-state index contributed by atoms with van der Waals surface area (Å²) >= 11 is 0. The first-order valence-electron chi connectivity index (χ1n) is 16.2. The Morgan fingerprint density at radius 2 is 1.52 bits per heavy atom. The van der Waals surface area contributed by atoms with Crippen molar-refractivity contribution in [3.8, 4) is 11.5 Å². The van der Waals surface area contributed by atoms with Gasteiger partial charge in [0.05, 0.1) is 37.5 Å². The van der Waals surface area contributed by atoms with Gasteiger partial charge < -0.3 is 19.7 Å². The molecule has 0 radical (unpaired) electrons. The van der Waals surface area contributed by atoms with Gasteiger partial charge in [0.15, 0.2) is 0 Å². The van der Waals surface area contributed by atoms with Gasteiger partial charge in [-0.3, -0.25) is 9.59 Å². The Kier molecular flexibility index (Phi) is 10.5. The Labute approximate surface area is 268 Å². The topological polar surface area (TPSA) is 140 Å². The standard InChI is InChI=1S/C34H42N8O4/c1-41(28-17-9-11-19-31(28)46-23-25-14-6-3-7-15-25)34(44)29-20-27(33-36-39-40-37-33)38-42(29)21-32(43)35-26-16-8-10-18-30(26)45-22-24-12-4-2-5-13-24/h2-7,12-15,20,26,28,30-31H,8-11,16-19,21-23H2,1H3,(H,35,43)(H,36,37,39,40)/t26-,28-,30-,31-/m0/s1. The normalized spacial score (nSPS) is 21.5. The number of carbonyl (C=O) groups excluding carboxylic acids is 2. The van der Waals surface area contributed by atoms with Crippen LogP contribution in [0.4, 0.5) is 0 Å². The van der Waals surface area contributed by atoms with Gasteiger partial charge in [0.1, 0.15) is 17.9 Å². The molecule has 4 atom stereocenters. The first-order valence-corrected chi connectivity index (χ1v) is 16.2. The van der Waals surface area contributed by atoms with Crippen LogP contribution in [0.1, 0.15) is 73.0 Å². The lowest BCUT2D eigenvalue weighted by atomic mass is 9.91. The summed E-state index contributed by atoms with van der Waals surface area (Å²) in [5.74, 6) is -0.224. The van der Waals surface area contributed by atoms with Gasteiger partial charge in [0.2, 0.25) is 11.7 Å². The maximum absolute atomic E-state index is 14.1. The highest BCUT2D eigenvalue weighted by Gasteiger charge is 2.34. The van der Waals surface area contributed by atoms with Gasteiger partial charge in [-0.1, -0.05) is 86.3 Å². The van der Waals surface area contributed by atoms with Gasteiger partial charge in [-0.2, -0.15) is 10.3 Å². The van der Waals surface area contributed by atoms with E-state index in [9.17, 15) is 9.59 Å². The van der Waals surface area contributed by atoms with E-state index in [0.717, 1.165) is 62.5 Å². The molecule has 12 heteroatoms. The fraction of sp³-hybridized carbons (Fsp3) is 0.471. The number of hydrogen-bond acceptors (Lipinski definition) is 8. The Morgan fingerprint density at radius 3 is 2.20 bits per heavy atom. The summed E-state index contributed by atoms with van der Waals surface area (Å²) in [7, 11) is 1.80. The second-order valence-electron chi connectivity index (χ2n) is 12.2. The lowest BCUT2D eigenvalue weighted by Gasteiger charge is -2.37. The number of aromatic nitrogens is 6. The Morgan fingerprint density at radius 1 is 0.891 bits per heavy atom. The Hall–Kier alpha value is -4.42. The molecule has 2 amide bonds. The number of tetrazole rings is 1. The van der Waals surface area contributed by atoms with E-state index >= 15 is 0 Å². The predicted molar refractivity (Wildman–Crippen MR) is 170 cm³/mol. The van der Waals surface area contributed by atoms with Crippen molar-refractivity contribution >= 4 is 11.8 Å². The Balaban J connectivity index is 1.15. The zero-order valence-electron chi connectivity index (χ0n) is 26.3. The van der Waals surface area contributed by atoms with E-state index in [0.29, 0.717) is 18.9 Å². The Bertz CT molecular complexity index is 1550. The van der Waals surface area contributed by atoms with Crippen molar-refractivity contribution in [3.05, 3.63) is 83.6 Å². The van der Waals surface area contributed by atoms with Gasteiger partial charge in [-0.25, -0.2) is 4.68 Å². The molecule has 46 heavy (non-hydrogen) atoms. The van der Waals surface area contributed by atoms with Crippen molar-refractivity contribution in [3.63, 3.8) is 0 Å². The number of ether oxygens (including phenoxy) is 2. The molecule has 0 unspecified atom stereocenters. The van der Waals surface area contributed by atoms with Crippen LogP contribution < -0.4 is 5.32 Å². The maximum Gasteiger partial charge on any atom is 0.272 e. The highest BCUT2D eigenvalue weighted by atomic mass is 16.5. The molecule has 6 rings (SSSR count). The number of hydrogen-bond donors (Lipinski definition) is 2. The third kappa shape index (κ3) is 7.86. The minimum atomic E-state index is -0.239. The number of likely N-dealkylation sites (N-methyl/N-ethyl adjacent to an activating group) is 1. The van der Waals surface area contributed by atoms with Crippen LogP contribution in [0, 0.1) is 0 Å². The van der Waals surface area contributed by atoms with Crippen LogP contribution in [0.2, 0.25) is 0 Å². The second kappa shape index (κ2) is 15.2. The quantitative estimate of drug-likeness (QED) is 0.237. The van der Waals surface area contributed by atoms with Crippen molar-refractivity contribution in [2.24, 2.45) is 0 Å². The minimum absolute atomic E-state index is 0.0863. The molecule has 2 aromatic heterocycles. The summed E-state index contributed by atoms with van der Waals surface area (Å²) in [5.41, 5.74) is 2.84. The number of amides is 2. The minimum Gasteiger partial charge on any atom is -0.371 e. The molecule has 242 valence electrons. The van der Waals surface area contributed by atoms with Crippen molar-refractivity contribution in [2.45, 2.75) is 95.4 Å². The molecule has 0 aliphatic heterocycles. The smallest absolute Gasteiger partial charge is 0.272 e. The van der Waals surface area contributed by atoms with Gasteiger partial charge in [-0.15, -0.1) is 10.2 Å². The number of H-pyrrole nitrogens is 1. The highest BCUT2D eigenvalue weighted by Crippen LogP contribution is 2.28. The van der Waals surface area contributed by atoms with Crippen molar-refractivity contribution in [1.29, 1.82) is 0 Å². The molecule has 0 saturated heterocycles. The van der Waals surface area contributed by atoms with Gasteiger partial charge in [-0.05, 0) is 42.0 Å². The summed E-state index contributed by atoms with van der Waals surface area (Å²) in [6.45, 7) is 0.849. The van der Waals surface area contributed by atoms with Crippen LogP contribution >= 0.6 is 0 Å². The molecule has 4 aromatic rings. The molecular formula is C34H42N8O4. The number of carbonyl (C=O) groups is 2. The third-order valence-electron chi connectivity index (χ3n) is 9.02. The molecule has 12 nitrogen and oxygen atoms in total. The number of aromatic amines is 1. The fourth-order valence-corrected chi connectivity index (χ4v) is 6.54. The summed E-state index contributed by atoms with van der Waals surface area (Å²) < 4.78 is 14.1. The third-order valence-corrected chi connectivity index (χ3v) is 9.02. The predicted octanol–water partition coefficient (Wildman–Crippen LogP) is 4.31. The summed E-state index contributed by atoms with van der Waals surface area (Å²) in [4.78, 5) is 29.3. The van der Waals surface area contributed by atoms with Gasteiger partial charge >= 0.3 is 0 Å². The second-order valence-corrected chi connectivity index (χ2v) is 12.2. The van der Waals surface area contributed by atoms with E-state index < -0.39 is 0 Å². The largest absolute Gasteiger partial charge is 0.371 e. The van der Waals surface area contributed by atoms with Crippen LogP contribution in [0.3, 0.4) is 0 Å². The molecule has 0 spiro atoms. The van der Waals surface area contributed by atoms with Crippen LogP contribution in [0.25, 0.3) is 11.5 Å². The SMILES string of the molecule is CN(C(=O)c1cc(-c2nn[nH]n2)nn1CC(=O)N[C@H]1CCCC[C@@H]1OCc1ccccc1)[C@H]1CCCC[C@@H]1OCc1ccccc1. The van der Waals surface area contributed by atoms with Crippen LogP contribution in [0.5, 0.6) is 0 Å². The zero-order chi connectivity index (χ0) is 31.7. The first-order chi connectivity index (χ1) is 22.5. The van der Waals surface area contributed by atoms with Gasteiger partial charge in [0.25, 0.3) is 5.91 Å². The van der Waals surface area contributed by atoms with Crippen molar-refractivity contribution in [2.75, 3.05) is 7.05 Å². The highest BCUT2D eigenvalue weighted by molar-refractivity contribution is 5.94. The average molecular weight is 627 g/mol. The molecule has 0 bridgehead atoms. The summed E-state index contributed by atoms with van der Waals surface area (Å²) in [5, 5.41) is 21.9. The number of rotatable bonds is 12. The van der Waals surface area contributed by atoms with Crippen LogP contribution in [0.15, 0.2) is 66.7 Å². The monoisotopic (exact) mass is 626 g/mol. The van der Waals surface area contributed by atoms with Crippen molar-refractivity contribution < 1.29 is 19.1 Å². The van der Waals surface area contributed by atoms with E-state index in [1.165, 1.54) is 4.68 Å². The number of benzene rings is 2.